The van der Waals surface area contributed by atoms with Gasteiger partial charge in [0.2, 0.25) is 0 Å². The van der Waals surface area contributed by atoms with E-state index >= 15 is 0 Å². The fourth-order valence-corrected chi connectivity index (χ4v) is 1.73. The quantitative estimate of drug-likeness (QED) is 0.743. The molecular formula is C12H17NO2. The fourth-order valence-electron chi connectivity index (χ4n) is 1.73. The molecule has 0 spiro atoms. The molecule has 2 rings (SSSR count). The molecule has 0 N–H and O–H groups in total. The maximum atomic E-state index is 12.0. The first kappa shape index (κ1) is 10.3. The van der Waals surface area contributed by atoms with Crippen LogP contribution in [0.15, 0.2) is 23.0 Å². The molecular weight excluding hydrogens is 190 g/mol. The summed E-state index contributed by atoms with van der Waals surface area (Å²) in [5.41, 5.74) is 0.670. The molecule has 1 saturated carbocycles. The molecule has 1 aromatic heterocycles. The molecule has 0 aromatic carbocycles. The first-order chi connectivity index (χ1) is 7.31. The second-order valence-corrected chi connectivity index (χ2v) is 4.21. The summed E-state index contributed by atoms with van der Waals surface area (Å²) in [6.07, 6.45) is 6.64. The summed E-state index contributed by atoms with van der Waals surface area (Å²) >= 11 is 0. The van der Waals surface area contributed by atoms with Crippen molar-refractivity contribution in [1.82, 2.24) is 4.90 Å². The normalized spacial score (nSPS) is 15.3. The number of carbonyl (C=O) groups excluding carboxylic acids is 1. The third kappa shape index (κ3) is 2.61. The summed E-state index contributed by atoms with van der Waals surface area (Å²) in [5.74, 6) is 0.852. The molecule has 3 nitrogen and oxygen atoms in total. The van der Waals surface area contributed by atoms with Gasteiger partial charge in [-0.1, -0.05) is 6.92 Å². The molecule has 3 heteroatoms. The monoisotopic (exact) mass is 207 g/mol. The second kappa shape index (κ2) is 4.51. The number of furan rings is 1. The lowest BCUT2D eigenvalue weighted by molar-refractivity contribution is 0.0747. The highest BCUT2D eigenvalue weighted by atomic mass is 16.3. The number of rotatable bonds is 5. The van der Waals surface area contributed by atoms with Crippen LogP contribution >= 0.6 is 0 Å². The Morgan fingerprint density at radius 3 is 2.93 bits per heavy atom. The smallest absolute Gasteiger partial charge is 0.257 e. The van der Waals surface area contributed by atoms with Crippen LogP contribution in [0.25, 0.3) is 0 Å². The SMILES string of the molecule is CCCN(CC1CC1)C(=O)c1ccoc1. The van der Waals surface area contributed by atoms with Gasteiger partial charge in [-0.3, -0.25) is 4.79 Å². The van der Waals surface area contributed by atoms with Gasteiger partial charge in [-0.15, -0.1) is 0 Å². The van der Waals surface area contributed by atoms with Gasteiger partial charge >= 0.3 is 0 Å². The molecule has 1 aromatic rings. The third-order valence-electron chi connectivity index (χ3n) is 2.72. The summed E-state index contributed by atoms with van der Waals surface area (Å²) in [4.78, 5) is 14.0. The molecule has 0 bridgehead atoms. The van der Waals surface area contributed by atoms with Crippen LogP contribution in [0.3, 0.4) is 0 Å². The Bertz CT molecular complexity index is 314. The van der Waals surface area contributed by atoms with E-state index in [1.807, 2.05) is 4.90 Å². The number of nitrogens with zero attached hydrogens (tertiary/aromatic N) is 1. The standard InChI is InChI=1S/C12H17NO2/c1-2-6-13(8-10-3-4-10)12(14)11-5-7-15-9-11/h5,7,9-10H,2-4,6,8H2,1H3. The third-order valence-corrected chi connectivity index (χ3v) is 2.72. The number of carbonyl (C=O) groups is 1. The van der Waals surface area contributed by atoms with Crippen LogP contribution in [0.2, 0.25) is 0 Å². The van der Waals surface area contributed by atoms with Crippen LogP contribution in [0.4, 0.5) is 0 Å². The van der Waals surface area contributed by atoms with E-state index in [1.54, 1.807) is 12.3 Å². The van der Waals surface area contributed by atoms with Crippen molar-refractivity contribution < 1.29 is 9.21 Å². The minimum absolute atomic E-state index is 0.109. The van der Waals surface area contributed by atoms with Crippen molar-refractivity contribution in [2.75, 3.05) is 13.1 Å². The minimum atomic E-state index is 0.109. The number of hydrogen-bond acceptors (Lipinski definition) is 2. The molecule has 1 aliphatic carbocycles. The van der Waals surface area contributed by atoms with Crippen molar-refractivity contribution in [3.8, 4) is 0 Å². The highest BCUT2D eigenvalue weighted by molar-refractivity contribution is 5.93. The van der Waals surface area contributed by atoms with Crippen LogP contribution in [0, 0.1) is 5.92 Å². The van der Waals surface area contributed by atoms with Crippen molar-refractivity contribution in [3.63, 3.8) is 0 Å². The lowest BCUT2D eigenvalue weighted by Crippen LogP contribution is -2.33. The van der Waals surface area contributed by atoms with Crippen LogP contribution in [-0.2, 0) is 0 Å². The summed E-state index contributed by atoms with van der Waals surface area (Å²) in [7, 11) is 0. The highest BCUT2D eigenvalue weighted by Gasteiger charge is 2.27. The van der Waals surface area contributed by atoms with E-state index in [2.05, 4.69) is 6.92 Å². The van der Waals surface area contributed by atoms with E-state index in [-0.39, 0.29) is 5.91 Å². The van der Waals surface area contributed by atoms with E-state index in [4.69, 9.17) is 4.42 Å². The summed E-state index contributed by atoms with van der Waals surface area (Å²) < 4.78 is 4.94. The first-order valence-corrected chi connectivity index (χ1v) is 5.62. The van der Waals surface area contributed by atoms with Gasteiger partial charge in [-0.2, -0.15) is 0 Å². The van der Waals surface area contributed by atoms with Gasteiger partial charge < -0.3 is 9.32 Å². The molecule has 1 amide bonds. The van der Waals surface area contributed by atoms with E-state index in [0.29, 0.717) is 5.56 Å². The number of hydrogen-bond donors (Lipinski definition) is 0. The zero-order chi connectivity index (χ0) is 10.7. The van der Waals surface area contributed by atoms with Crippen LogP contribution in [0.5, 0.6) is 0 Å². The van der Waals surface area contributed by atoms with Gasteiger partial charge in [-0.05, 0) is 31.2 Å². The molecule has 0 aliphatic heterocycles. The van der Waals surface area contributed by atoms with Crippen molar-refractivity contribution in [3.05, 3.63) is 24.2 Å². The van der Waals surface area contributed by atoms with Gasteiger partial charge in [0.25, 0.3) is 5.91 Å². The molecule has 0 unspecified atom stereocenters. The average molecular weight is 207 g/mol. The molecule has 0 atom stereocenters. The molecule has 1 aliphatic rings. The predicted molar refractivity (Wildman–Crippen MR) is 57.6 cm³/mol. The van der Waals surface area contributed by atoms with Crippen molar-refractivity contribution in [2.24, 2.45) is 5.92 Å². The molecule has 0 radical (unpaired) electrons. The minimum Gasteiger partial charge on any atom is -0.472 e. The Balaban J connectivity index is 1.99. The highest BCUT2D eigenvalue weighted by Crippen LogP contribution is 2.30. The average Bonchev–Trinajstić information content (AvgIpc) is 2.88. The van der Waals surface area contributed by atoms with Gasteiger partial charge in [0, 0.05) is 13.1 Å². The first-order valence-electron chi connectivity index (χ1n) is 5.62. The maximum Gasteiger partial charge on any atom is 0.257 e. The van der Waals surface area contributed by atoms with Crippen LogP contribution < -0.4 is 0 Å². The predicted octanol–water partition coefficient (Wildman–Crippen LogP) is 2.54. The summed E-state index contributed by atoms with van der Waals surface area (Å²) in [6, 6.07) is 1.73. The van der Waals surface area contributed by atoms with Crippen molar-refractivity contribution >= 4 is 5.91 Å². The van der Waals surface area contributed by atoms with Crippen molar-refractivity contribution in [2.45, 2.75) is 26.2 Å². The van der Waals surface area contributed by atoms with E-state index in [1.165, 1.54) is 19.1 Å². The largest absolute Gasteiger partial charge is 0.472 e. The second-order valence-electron chi connectivity index (χ2n) is 4.21. The molecule has 82 valence electrons. The Hall–Kier alpha value is -1.25. The summed E-state index contributed by atoms with van der Waals surface area (Å²) in [6.45, 7) is 3.86. The Morgan fingerprint density at radius 2 is 2.40 bits per heavy atom. The Labute approximate surface area is 90.1 Å². The number of amides is 1. The van der Waals surface area contributed by atoms with Gasteiger partial charge in [0.1, 0.15) is 6.26 Å². The zero-order valence-electron chi connectivity index (χ0n) is 9.11. The lowest BCUT2D eigenvalue weighted by atomic mass is 10.2. The van der Waals surface area contributed by atoms with E-state index in [9.17, 15) is 4.79 Å². The van der Waals surface area contributed by atoms with E-state index in [0.717, 1.165) is 25.4 Å². The zero-order valence-corrected chi connectivity index (χ0v) is 9.11. The Kier molecular flexibility index (Phi) is 3.09. The molecule has 1 fully saturated rings. The maximum absolute atomic E-state index is 12.0. The molecule has 15 heavy (non-hydrogen) atoms. The lowest BCUT2D eigenvalue weighted by Gasteiger charge is -2.21. The Morgan fingerprint density at radius 1 is 1.60 bits per heavy atom. The molecule has 0 saturated heterocycles. The fraction of sp³-hybridized carbons (Fsp3) is 0.583. The van der Waals surface area contributed by atoms with E-state index < -0.39 is 0 Å². The van der Waals surface area contributed by atoms with Gasteiger partial charge in [0.15, 0.2) is 0 Å². The topological polar surface area (TPSA) is 33.5 Å². The van der Waals surface area contributed by atoms with Crippen LogP contribution in [0.1, 0.15) is 36.5 Å². The van der Waals surface area contributed by atoms with Gasteiger partial charge in [0.05, 0.1) is 11.8 Å². The van der Waals surface area contributed by atoms with Gasteiger partial charge in [-0.25, -0.2) is 0 Å². The van der Waals surface area contributed by atoms with Crippen molar-refractivity contribution in [1.29, 1.82) is 0 Å². The summed E-state index contributed by atoms with van der Waals surface area (Å²) in [5, 5.41) is 0. The molecule has 1 heterocycles. The van der Waals surface area contributed by atoms with Crippen LogP contribution in [-0.4, -0.2) is 23.9 Å².